The van der Waals surface area contributed by atoms with Crippen LogP contribution in [0.2, 0.25) is 0 Å². The predicted molar refractivity (Wildman–Crippen MR) is 105 cm³/mol. The highest BCUT2D eigenvalue weighted by molar-refractivity contribution is 5.94. The number of rotatable bonds is 5. The lowest BCUT2D eigenvalue weighted by atomic mass is 9.87. The van der Waals surface area contributed by atoms with Crippen LogP contribution >= 0.6 is 0 Å². The second-order valence-electron chi connectivity index (χ2n) is 6.82. The van der Waals surface area contributed by atoms with E-state index in [4.69, 9.17) is 10.5 Å². The van der Waals surface area contributed by atoms with Crippen molar-refractivity contribution in [2.24, 2.45) is 5.73 Å². The monoisotopic (exact) mass is 376 g/mol. The van der Waals surface area contributed by atoms with Crippen LogP contribution in [0.25, 0.3) is 5.69 Å². The molecule has 2 amide bonds. The van der Waals surface area contributed by atoms with E-state index in [0.29, 0.717) is 18.0 Å². The first-order valence-electron chi connectivity index (χ1n) is 8.97. The van der Waals surface area contributed by atoms with Gasteiger partial charge in [-0.15, -0.1) is 0 Å². The number of hydrogen-bond donors (Lipinski definition) is 2. The maximum atomic E-state index is 12.4. The number of aryl methyl sites for hydroxylation is 1. The van der Waals surface area contributed by atoms with E-state index >= 15 is 0 Å². The number of primary amides is 1. The maximum Gasteiger partial charge on any atom is 0.255 e. The highest BCUT2D eigenvalue weighted by Gasteiger charge is 2.30. The molecule has 7 heteroatoms. The summed E-state index contributed by atoms with van der Waals surface area (Å²) in [5.74, 6) is 0.562. The van der Waals surface area contributed by atoms with E-state index in [0.717, 1.165) is 22.4 Å². The third kappa shape index (κ3) is 3.46. The Labute approximate surface area is 162 Å². The summed E-state index contributed by atoms with van der Waals surface area (Å²) in [6, 6.07) is 15.3. The third-order valence-corrected chi connectivity index (χ3v) is 4.76. The highest BCUT2D eigenvalue weighted by Crippen LogP contribution is 2.38. The maximum absolute atomic E-state index is 12.4. The van der Waals surface area contributed by atoms with Gasteiger partial charge in [0.1, 0.15) is 11.6 Å². The van der Waals surface area contributed by atoms with Gasteiger partial charge in [0, 0.05) is 17.9 Å². The number of nitrogens with two attached hydrogens (primary N) is 1. The fraction of sp³-hybridized carbons (Fsp3) is 0.190. The van der Waals surface area contributed by atoms with Crippen molar-refractivity contribution in [1.82, 2.24) is 9.78 Å². The molecular formula is C21H20N4O3. The van der Waals surface area contributed by atoms with Gasteiger partial charge in [-0.05, 0) is 36.8 Å². The molecule has 1 aliphatic heterocycles. The summed E-state index contributed by atoms with van der Waals surface area (Å²) in [5, 5.41) is 7.45. The minimum atomic E-state index is -0.527. The zero-order valence-electron chi connectivity index (χ0n) is 15.4. The molecule has 0 aliphatic carbocycles. The van der Waals surface area contributed by atoms with Gasteiger partial charge in [0.05, 0.1) is 11.9 Å². The van der Waals surface area contributed by atoms with Crippen molar-refractivity contribution in [2.45, 2.75) is 19.3 Å². The number of carbonyl (C=O) groups excluding carboxylic acids is 2. The Balaban J connectivity index is 1.65. The largest absolute Gasteiger partial charge is 0.484 e. The van der Waals surface area contributed by atoms with Gasteiger partial charge in [0.25, 0.3) is 5.91 Å². The topological polar surface area (TPSA) is 99.2 Å². The fourth-order valence-corrected chi connectivity index (χ4v) is 3.35. The van der Waals surface area contributed by atoms with E-state index in [9.17, 15) is 9.59 Å². The second kappa shape index (κ2) is 7.19. The number of benzene rings is 2. The van der Waals surface area contributed by atoms with Gasteiger partial charge in [-0.3, -0.25) is 9.59 Å². The van der Waals surface area contributed by atoms with Crippen molar-refractivity contribution in [1.29, 1.82) is 0 Å². The van der Waals surface area contributed by atoms with Crippen LogP contribution in [0, 0.1) is 6.92 Å². The molecule has 0 spiro atoms. The average molecular weight is 376 g/mol. The number of nitrogens with one attached hydrogen (secondary N) is 1. The van der Waals surface area contributed by atoms with Crippen molar-refractivity contribution in [3.05, 3.63) is 71.4 Å². The van der Waals surface area contributed by atoms with Crippen molar-refractivity contribution < 1.29 is 14.3 Å². The van der Waals surface area contributed by atoms with Gasteiger partial charge in [-0.1, -0.05) is 29.8 Å². The molecule has 1 atom stereocenters. The number of aromatic nitrogens is 2. The van der Waals surface area contributed by atoms with Crippen LogP contribution in [-0.2, 0) is 9.59 Å². The van der Waals surface area contributed by atoms with E-state index in [-0.39, 0.29) is 18.4 Å². The summed E-state index contributed by atoms with van der Waals surface area (Å²) in [7, 11) is 0. The van der Waals surface area contributed by atoms with Gasteiger partial charge in [-0.25, -0.2) is 4.68 Å². The number of amides is 2. The molecule has 0 saturated carbocycles. The standard InChI is InChI=1S/C21H20N4O3/c1-13-2-6-15(7-3-13)25-21-18(11-23-25)17(10-20(27)24-21)14-4-8-16(9-5-14)28-12-19(22)26/h2-9,11,17H,10,12H2,1H3,(H2,22,26)(H,24,27)/t17-/m0/s1. The van der Waals surface area contributed by atoms with Crippen molar-refractivity contribution >= 4 is 17.6 Å². The molecule has 0 unspecified atom stereocenters. The van der Waals surface area contributed by atoms with Crippen LogP contribution in [0.4, 0.5) is 5.82 Å². The predicted octanol–water partition coefficient (Wildman–Crippen LogP) is 2.52. The smallest absolute Gasteiger partial charge is 0.255 e. The molecule has 3 N–H and O–H groups in total. The Morgan fingerprint density at radius 1 is 1.21 bits per heavy atom. The molecule has 3 aromatic rings. The van der Waals surface area contributed by atoms with Crippen LogP contribution in [0.1, 0.15) is 29.0 Å². The Bertz CT molecular complexity index is 1020. The summed E-state index contributed by atoms with van der Waals surface area (Å²) in [4.78, 5) is 23.2. The van der Waals surface area contributed by atoms with Gasteiger partial charge in [0.2, 0.25) is 5.91 Å². The van der Waals surface area contributed by atoms with E-state index < -0.39 is 5.91 Å². The summed E-state index contributed by atoms with van der Waals surface area (Å²) >= 11 is 0. The molecule has 2 aromatic carbocycles. The second-order valence-corrected chi connectivity index (χ2v) is 6.82. The summed E-state index contributed by atoms with van der Waals surface area (Å²) in [5.41, 5.74) is 9.09. The minimum absolute atomic E-state index is 0.0552. The van der Waals surface area contributed by atoms with Crippen LogP contribution in [0.5, 0.6) is 5.75 Å². The summed E-state index contributed by atoms with van der Waals surface area (Å²) in [6.45, 7) is 1.86. The normalized spacial score (nSPS) is 15.6. The minimum Gasteiger partial charge on any atom is -0.484 e. The third-order valence-electron chi connectivity index (χ3n) is 4.76. The van der Waals surface area contributed by atoms with E-state index in [2.05, 4.69) is 10.4 Å². The van der Waals surface area contributed by atoms with Crippen LogP contribution < -0.4 is 15.8 Å². The first kappa shape index (κ1) is 17.8. The summed E-state index contributed by atoms with van der Waals surface area (Å²) < 4.78 is 7.05. The van der Waals surface area contributed by atoms with Crippen LogP contribution in [-0.4, -0.2) is 28.2 Å². The lowest BCUT2D eigenvalue weighted by Crippen LogP contribution is -2.24. The Morgan fingerprint density at radius 3 is 2.61 bits per heavy atom. The van der Waals surface area contributed by atoms with Crippen molar-refractivity contribution in [3.63, 3.8) is 0 Å². The first-order valence-corrected chi connectivity index (χ1v) is 8.97. The quantitative estimate of drug-likeness (QED) is 0.715. The number of carbonyl (C=O) groups is 2. The molecule has 7 nitrogen and oxygen atoms in total. The Kier molecular flexibility index (Phi) is 4.57. The number of fused-ring (bicyclic) bond motifs is 1. The van der Waals surface area contributed by atoms with Gasteiger partial charge < -0.3 is 15.8 Å². The van der Waals surface area contributed by atoms with E-state index in [1.165, 1.54) is 0 Å². The van der Waals surface area contributed by atoms with E-state index in [1.807, 2.05) is 43.3 Å². The highest BCUT2D eigenvalue weighted by atomic mass is 16.5. The molecule has 0 radical (unpaired) electrons. The number of anilines is 1. The zero-order valence-corrected chi connectivity index (χ0v) is 15.4. The molecule has 2 heterocycles. The number of nitrogens with zero attached hydrogens (tertiary/aromatic N) is 2. The molecule has 1 aliphatic rings. The summed E-state index contributed by atoms with van der Waals surface area (Å²) in [6.07, 6.45) is 2.14. The molecular weight excluding hydrogens is 356 g/mol. The van der Waals surface area contributed by atoms with Gasteiger partial charge in [-0.2, -0.15) is 5.10 Å². The molecule has 0 fully saturated rings. The number of ether oxygens (including phenoxy) is 1. The van der Waals surface area contributed by atoms with Gasteiger partial charge >= 0.3 is 0 Å². The fourth-order valence-electron chi connectivity index (χ4n) is 3.35. The van der Waals surface area contributed by atoms with Crippen LogP contribution in [0.15, 0.2) is 54.7 Å². The van der Waals surface area contributed by atoms with Crippen molar-refractivity contribution in [2.75, 3.05) is 11.9 Å². The molecule has 4 rings (SSSR count). The molecule has 0 bridgehead atoms. The van der Waals surface area contributed by atoms with Crippen molar-refractivity contribution in [3.8, 4) is 11.4 Å². The first-order chi connectivity index (χ1) is 13.5. The SMILES string of the molecule is Cc1ccc(-n2ncc3c2NC(=O)C[C@H]3c2ccc(OCC(N)=O)cc2)cc1. The Morgan fingerprint density at radius 2 is 1.93 bits per heavy atom. The van der Waals surface area contributed by atoms with Crippen LogP contribution in [0.3, 0.4) is 0 Å². The average Bonchev–Trinajstić information content (AvgIpc) is 3.10. The van der Waals surface area contributed by atoms with Gasteiger partial charge in [0.15, 0.2) is 6.61 Å². The zero-order chi connectivity index (χ0) is 19.7. The molecule has 142 valence electrons. The lowest BCUT2D eigenvalue weighted by Gasteiger charge is -2.24. The number of hydrogen-bond acceptors (Lipinski definition) is 4. The lowest BCUT2D eigenvalue weighted by molar-refractivity contribution is -0.120. The van der Waals surface area contributed by atoms with E-state index in [1.54, 1.807) is 23.0 Å². The molecule has 1 aromatic heterocycles. The molecule has 28 heavy (non-hydrogen) atoms. The molecule has 0 saturated heterocycles. The Hall–Kier alpha value is -3.61.